The second-order valence-corrected chi connectivity index (χ2v) is 4.99. The number of rotatable bonds is 2. The highest BCUT2D eigenvalue weighted by atomic mass is 35.5. The number of halogens is 1. The van der Waals surface area contributed by atoms with Gasteiger partial charge < -0.3 is 4.74 Å². The lowest BCUT2D eigenvalue weighted by atomic mass is 10.2. The number of hydrogen-bond acceptors (Lipinski definition) is 5. The summed E-state index contributed by atoms with van der Waals surface area (Å²) in [4.78, 5) is 2.33. The van der Waals surface area contributed by atoms with Gasteiger partial charge in [-0.25, -0.2) is 0 Å². The molecular weight excluding hydrogens is 222 g/mol. The van der Waals surface area contributed by atoms with Crippen LogP contribution in [0.1, 0.15) is 11.9 Å². The Morgan fingerprint density at radius 2 is 2.50 bits per heavy atom. The molecule has 2 heterocycles. The molecule has 0 radical (unpaired) electrons. The normalized spacial score (nSPS) is 24.0. The molecule has 1 unspecified atom stereocenters. The molecule has 0 amide bonds. The largest absolute Gasteiger partial charge is 0.379 e. The van der Waals surface area contributed by atoms with Crippen LogP contribution in [0.4, 0.5) is 0 Å². The summed E-state index contributed by atoms with van der Waals surface area (Å²) in [6.07, 6.45) is 0. The number of ether oxygens (including phenoxy) is 1. The molecule has 0 aliphatic carbocycles. The van der Waals surface area contributed by atoms with Gasteiger partial charge in [0.05, 0.1) is 19.8 Å². The molecule has 4 nitrogen and oxygen atoms in total. The van der Waals surface area contributed by atoms with Crippen LogP contribution >= 0.6 is 22.9 Å². The minimum atomic E-state index is 0.450. The van der Waals surface area contributed by atoms with E-state index in [9.17, 15) is 0 Å². The molecule has 0 saturated carbocycles. The highest BCUT2D eigenvalue weighted by Gasteiger charge is 2.19. The fraction of sp³-hybridized carbons (Fsp3) is 0.750. The molecule has 1 aliphatic heterocycles. The molecule has 0 bridgehead atoms. The van der Waals surface area contributed by atoms with E-state index in [4.69, 9.17) is 16.3 Å². The fourth-order valence-electron chi connectivity index (χ4n) is 1.47. The highest BCUT2D eigenvalue weighted by molar-refractivity contribution is 7.15. The lowest BCUT2D eigenvalue weighted by molar-refractivity contribution is -0.00446. The van der Waals surface area contributed by atoms with Crippen molar-refractivity contribution in [1.82, 2.24) is 15.1 Å². The Kier molecular flexibility index (Phi) is 3.33. The summed E-state index contributed by atoms with van der Waals surface area (Å²) in [5.74, 6) is 0. The van der Waals surface area contributed by atoms with Gasteiger partial charge in [0.1, 0.15) is 5.01 Å². The van der Waals surface area contributed by atoms with Crippen molar-refractivity contribution in [3.05, 3.63) is 9.47 Å². The van der Waals surface area contributed by atoms with E-state index >= 15 is 0 Å². The summed E-state index contributed by atoms with van der Waals surface area (Å²) in [7, 11) is 0. The van der Waals surface area contributed by atoms with Crippen molar-refractivity contribution in [2.24, 2.45) is 0 Å². The van der Waals surface area contributed by atoms with Crippen LogP contribution in [0.5, 0.6) is 0 Å². The van der Waals surface area contributed by atoms with Gasteiger partial charge in [0.2, 0.25) is 4.47 Å². The molecule has 14 heavy (non-hydrogen) atoms. The minimum absolute atomic E-state index is 0.450. The predicted octanol–water partition coefficient (Wildman–Crippen LogP) is 1.41. The molecule has 1 aromatic rings. The molecule has 1 fully saturated rings. The molecule has 1 saturated heterocycles. The Labute approximate surface area is 91.8 Å². The number of hydrogen-bond donors (Lipinski definition) is 0. The summed E-state index contributed by atoms with van der Waals surface area (Å²) in [6.45, 7) is 5.54. The average Bonchev–Trinajstić information content (AvgIpc) is 2.56. The Morgan fingerprint density at radius 1 is 1.64 bits per heavy atom. The maximum Gasteiger partial charge on any atom is 0.207 e. The first-order valence-corrected chi connectivity index (χ1v) is 5.75. The minimum Gasteiger partial charge on any atom is -0.379 e. The lowest BCUT2D eigenvalue weighted by Crippen LogP contribution is -2.42. The van der Waals surface area contributed by atoms with E-state index in [2.05, 4.69) is 22.0 Å². The van der Waals surface area contributed by atoms with Crippen LogP contribution in [0.15, 0.2) is 0 Å². The van der Waals surface area contributed by atoms with Gasteiger partial charge in [-0.05, 0) is 18.5 Å². The quantitative estimate of drug-likeness (QED) is 0.774. The van der Waals surface area contributed by atoms with Gasteiger partial charge >= 0.3 is 0 Å². The smallest absolute Gasteiger partial charge is 0.207 e. The van der Waals surface area contributed by atoms with E-state index in [1.807, 2.05) is 0 Å². The standard InChI is InChI=1S/C8H12ClN3OS/c1-6-5-13-3-2-12(6)4-7-10-11-8(9)14-7/h6H,2-5H2,1H3. The van der Waals surface area contributed by atoms with Gasteiger partial charge in [-0.3, -0.25) is 4.90 Å². The van der Waals surface area contributed by atoms with E-state index in [0.717, 1.165) is 31.3 Å². The summed E-state index contributed by atoms with van der Waals surface area (Å²) < 4.78 is 5.87. The van der Waals surface area contributed by atoms with Crippen LogP contribution in [-0.2, 0) is 11.3 Å². The first-order chi connectivity index (χ1) is 6.75. The third-order valence-corrected chi connectivity index (χ3v) is 3.29. The van der Waals surface area contributed by atoms with Crippen molar-refractivity contribution in [3.63, 3.8) is 0 Å². The second kappa shape index (κ2) is 4.53. The van der Waals surface area contributed by atoms with Crippen molar-refractivity contribution in [2.45, 2.75) is 19.5 Å². The summed E-state index contributed by atoms with van der Waals surface area (Å²) >= 11 is 7.16. The zero-order valence-corrected chi connectivity index (χ0v) is 9.51. The van der Waals surface area contributed by atoms with Crippen molar-refractivity contribution in [2.75, 3.05) is 19.8 Å². The van der Waals surface area contributed by atoms with Crippen molar-refractivity contribution in [3.8, 4) is 0 Å². The zero-order chi connectivity index (χ0) is 9.97. The molecule has 1 aromatic heterocycles. The lowest BCUT2D eigenvalue weighted by Gasteiger charge is -2.32. The van der Waals surface area contributed by atoms with Gasteiger partial charge in [-0.15, -0.1) is 10.2 Å². The molecule has 1 aliphatic rings. The maximum atomic E-state index is 5.72. The average molecular weight is 234 g/mol. The van der Waals surface area contributed by atoms with Crippen LogP contribution in [0.3, 0.4) is 0 Å². The second-order valence-electron chi connectivity index (χ2n) is 3.34. The zero-order valence-electron chi connectivity index (χ0n) is 7.94. The van der Waals surface area contributed by atoms with Crippen LogP contribution in [0.25, 0.3) is 0 Å². The molecule has 1 atom stereocenters. The van der Waals surface area contributed by atoms with Gasteiger partial charge in [0.25, 0.3) is 0 Å². The first-order valence-electron chi connectivity index (χ1n) is 4.55. The van der Waals surface area contributed by atoms with Crippen LogP contribution in [-0.4, -0.2) is 40.9 Å². The van der Waals surface area contributed by atoms with Gasteiger partial charge in [0.15, 0.2) is 0 Å². The van der Waals surface area contributed by atoms with E-state index in [1.165, 1.54) is 11.3 Å². The van der Waals surface area contributed by atoms with Crippen LogP contribution in [0.2, 0.25) is 4.47 Å². The molecule has 78 valence electrons. The predicted molar refractivity (Wildman–Crippen MR) is 55.6 cm³/mol. The van der Waals surface area contributed by atoms with Gasteiger partial charge in [-0.2, -0.15) is 0 Å². The highest BCUT2D eigenvalue weighted by Crippen LogP contribution is 2.18. The molecule has 0 N–H and O–H groups in total. The summed E-state index contributed by atoms with van der Waals surface area (Å²) in [5.41, 5.74) is 0. The molecule has 0 spiro atoms. The number of morpholine rings is 1. The van der Waals surface area contributed by atoms with Crippen molar-refractivity contribution < 1.29 is 4.74 Å². The van der Waals surface area contributed by atoms with E-state index in [0.29, 0.717) is 10.5 Å². The van der Waals surface area contributed by atoms with Crippen molar-refractivity contribution in [1.29, 1.82) is 0 Å². The Bertz CT molecular complexity index is 307. The summed E-state index contributed by atoms with van der Waals surface area (Å²) in [5, 5.41) is 8.76. The third-order valence-electron chi connectivity index (χ3n) is 2.29. The summed E-state index contributed by atoms with van der Waals surface area (Å²) in [6, 6.07) is 0.450. The van der Waals surface area contributed by atoms with Crippen LogP contribution in [0, 0.1) is 0 Å². The monoisotopic (exact) mass is 233 g/mol. The Hall–Kier alpha value is -0.230. The first kappa shape index (κ1) is 10.3. The fourth-order valence-corrected chi connectivity index (χ4v) is 2.36. The topological polar surface area (TPSA) is 38.2 Å². The molecular formula is C8H12ClN3OS. The maximum absolute atomic E-state index is 5.72. The third kappa shape index (κ3) is 2.42. The van der Waals surface area contributed by atoms with Crippen LogP contribution < -0.4 is 0 Å². The van der Waals surface area contributed by atoms with E-state index < -0.39 is 0 Å². The van der Waals surface area contributed by atoms with Gasteiger partial charge in [-0.1, -0.05) is 11.3 Å². The van der Waals surface area contributed by atoms with Gasteiger partial charge in [0, 0.05) is 12.6 Å². The molecule has 6 heteroatoms. The Morgan fingerprint density at radius 3 is 3.14 bits per heavy atom. The molecule has 0 aromatic carbocycles. The molecule has 2 rings (SSSR count). The van der Waals surface area contributed by atoms with E-state index in [1.54, 1.807) is 0 Å². The van der Waals surface area contributed by atoms with E-state index in [-0.39, 0.29) is 0 Å². The number of aromatic nitrogens is 2. The van der Waals surface area contributed by atoms with Crippen molar-refractivity contribution >= 4 is 22.9 Å². The number of nitrogens with zero attached hydrogens (tertiary/aromatic N) is 3. The SMILES string of the molecule is CC1COCCN1Cc1nnc(Cl)s1. The Balaban J connectivity index is 1.95.